The number of benzene rings is 1. The molecule has 13 heteroatoms. The van der Waals surface area contributed by atoms with E-state index in [4.69, 9.17) is 20.2 Å². The van der Waals surface area contributed by atoms with E-state index in [1.165, 1.54) is 32.1 Å². The van der Waals surface area contributed by atoms with Gasteiger partial charge in [-0.2, -0.15) is 24.3 Å². The largest absolute Gasteiger partial charge is 0.454 e. The number of nitrogen functional groups attached to an aromatic ring is 1. The normalized spacial score (nSPS) is 15.1. The number of fused-ring (bicyclic) bond motifs is 2. The quantitative estimate of drug-likeness (QED) is 0.191. The van der Waals surface area contributed by atoms with E-state index < -0.39 is 6.08 Å². The average Bonchev–Trinajstić information content (AvgIpc) is 3.43. The molecule has 1 saturated carbocycles. The van der Waals surface area contributed by atoms with Gasteiger partial charge in [0.05, 0.1) is 6.61 Å². The molecule has 0 radical (unpaired) electrons. The van der Waals surface area contributed by atoms with Gasteiger partial charge in [-0.15, -0.1) is 0 Å². The van der Waals surface area contributed by atoms with Crippen molar-refractivity contribution >= 4 is 49.5 Å². The van der Waals surface area contributed by atoms with Gasteiger partial charge in [0.1, 0.15) is 5.82 Å². The second-order valence-corrected chi connectivity index (χ2v) is 10.3. The molecule has 1 aliphatic carbocycles. The van der Waals surface area contributed by atoms with Crippen LogP contribution < -0.4 is 15.2 Å². The van der Waals surface area contributed by atoms with Crippen LogP contribution in [0.3, 0.4) is 0 Å². The maximum atomic E-state index is 14.1. The minimum absolute atomic E-state index is 0. The van der Waals surface area contributed by atoms with Crippen LogP contribution in [0.2, 0.25) is 0 Å². The van der Waals surface area contributed by atoms with Gasteiger partial charge in [0.25, 0.3) is 0 Å². The van der Waals surface area contributed by atoms with Crippen molar-refractivity contribution in [1.82, 2.24) is 24.4 Å². The van der Waals surface area contributed by atoms with Crippen LogP contribution in [0.1, 0.15) is 49.9 Å². The number of anilines is 1. The maximum Gasteiger partial charge on any atom is 0.312 e. The SMILES string of the molecule is Nc1nc(F)nc2c1nc(Cc1cc3c(cc1I)OCO3)n2CCCN(CCO)C1CCCCC1.P.[U]. The smallest absolute Gasteiger partial charge is 0.312 e. The van der Waals surface area contributed by atoms with Crippen LogP contribution in [0.5, 0.6) is 11.5 Å². The minimum Gasteiger partial charge on any atom is -0.454 e. The van der Waals surface area contributed by atoms with Gasteiger partial charge in [0, 0.05) is 66.8 Å². The molecule has 5 rings (SSSR count). The summed E-state index contributed by atoms with van der Waals surface area (Å²) < 4.78 is 28.1. The minimum atomic E-state index is -0.857. The van der Waals surface area contributed by atoms with Crippen molar-refractivity contribution in [2.45, 2.75) is 57.5 Å². The fraction of sp³-hybridized carbons (Fsp3) is 0.542. The van der Waals surface area contributed by atoms with Gasteiger partial charge in [0.2, 0.25) is 6.79 Å². The van der Waals surface area contributed by atoms with E-state index in [0.29, 0.717) is 42.5 Å². The van der Waals surface area contributed by atoms with Gasteiger partial charge >= 0.3 is 6.08 Å². The molecule has 9 nitrogen and oxygen atoms in total. The van der Waals surface area contributed by atoms with Crippen LogP contribution >= 0.6 is 32.5 Å². The fourth-order valence-electron chi connectivity index (χ4n) is 5.16. The zero-order valence-corrected chi connectivity index (χ0v) is 28.5. The van der Waals surface area contributed by atoms with E-state index in [1.54, 1.807) is 0 Å². The first kappa shape index (κ1) is 30.8. The molecular weight excluding hydrogens is 835 g/mol. The Bertz CT molecular complexity index is 1210. The van der Waals surface area contributed by atoms with Crippen molar-refractivity contribution in [3.8, 4) is 11.5 Å². The molecule has 0 amide bonds. The number of aryl methyl sites for hydroxylation is 1. The predicted octanol–water partition coefficient (Wildman–Crippen LogP) is 3.55. The second kappa shape index (κ2) is 14.0. The van der Waals surface area contributed by atoms with Gasteiger partial charge in [-0.3, -0.25) is 4.90 Å². The Kier molecular flexibility index (Phi) is 11.7. The van der Waals surface area contributed by atoms with Crippen molar-refractivity contribution < 1.29 is 50.1 Å². The van der Waals surface area contributed by atoms with E-state index in [-0.39, 0.29) is 60.2 Å². The van der Waals surface area contributed by atoms with E-state index >= 15 is 0 Å². The summed E-state index contributed by atoms with van der Waals surface area (Å²) in [7, 11) is 0. The molecule has 3 N–H and O–H groups in total. The number of halogens is 2. The number of hydrogen-bond acceptors (Lipinski definition) is 8. The van der Waals surface area contributed by atoms with Gasteiger partial charge in [-0.1, -0.05) is 19.3 Å². The Balaban J connectivity index is 0.00000190. The monoisotopic (exact) mass is 868 g/mol. The molecule has 0 saturated heterocycles. The fourth-order valence-corrected chi connectivity index (χ4v) is 5.79. The molecule has 1 unspecified atom stereocenters. The number of aromatic nitrogens is 4. The number of nitrogens with two attached hydrogens (primary N) is 1. The van der Waals surface area contributed by atoms with E-state index in [2.05, 4.69) is 37.5 Å². The summed E-state index contributed by atoms with van der Waals surface area (Å²) in [5, 5.41) is 9.60. The van der Waals surface area contributed by atoms with Crippen LogP contribution in [0.4, 0.5) is 10.2 Å². The molecule has 3 aromatic rings. The number of ether oxygens (including phenoxy) is 2. The molecule has 3 heterocycles. The first-order valence-electron chi connectivity index (χ1n) is 12.1. The summed E-state index contributed by atoms with van der Waals surface area (Å²) in [4.78, 5) is 14.8. The van der Waals surface area contributed by atoms with Crippen LogP contribution in [0.15, 0.2) is 12.1 Å². The molecule has 200 valence electrons. The van der Waals surface area contributed by atoms with Gasteiger partial charge in [0.15, 0.2) is 28.5 Å². The zero-order valence-electron chi connectivity index (χ0n) is 20.8. The number of hydrogen-bond donors (Lipinski definition) is 2. The van der Waals surface area contributed by atoms with Crippen molar-refractivity contribution in [3.63, 3.8) is 0 Å². The number of aliphatic hydroxyl groups excluding tert-OH is 1. The van der Waals surface area contributed by atoms with Crippen LogP contribution in [-0.2, 0) is 13.0 Å². The maximum absolute atomic E-state index is 14.1. The topological polar surface area (TPSA) is 112 Å². The Morgan fingerprint density at radius 3 is 2.57 bits per heavy atom. The molecule has 1 atom stereocenters. The van der Waals surface area contributed by atoms with E-state index in [9.17, 15) is 9.50 Å². The molecule has 2 aromatic heterocycles. The van der Waals surface area contributed by atoms with E-state index in [0.717, 1.165) is 33.7 Å². The molecule has 2 aliphatic rings. The number of nitrogens with zero attached hydrogens (tertiary/aromatic N) is 5. The number of rotatable bonds is 9. The predicted molar refractivity (Wildman–Crippen MR) is 149 cm³/mol. The molecule has 37 heavy (non-hydrogen) atoms. The van der Waals surface area contributed by atoms with Gasteiger partial charge in [-0.05, 0) is 59.5 Å². The Morgan fingerprint density at radius 1 is 1.11 bits per heavy atom. The van der Waals surface area contributed by atoms with Gasteiger partial charge < -0.3 is 24.9 Å². The van der Waals surface area contributed by atoms with Crippen LogP contribution in [-0.4, -0.2) is 62.1 Å². The Labute approximate surface area is 256 Å². The standard InChI is InChI=1S/C24H30FIN6O3.H3P.U/c25-24-29-22(27)21-23(30-24)32(8-4-7-31(9-10-33)16-5-2-1-3-6-16)20(28-21)12-15-11-18-19(13-17(15)26)35-14-34-18;;/h11,13,16,33H,1-10,12,14H2,(H2,27,29,30);1H3;. The van der Waals surface area contributed by atoms with Crippen molar-refractivity contribution in [2.24, 2.45) is 0 Å². The Hall–Kier alpha value is -0.768. The third-order valence-corrected chi connectivity index (χ3v) is 7.87. The molecule has 1 aromatic carbocycles. The van der Waals surface area contributed by atoms with Crippen molar-refractivity contribution in [1.29, 1.82) is 0 Å². The summed E-state index contributed by atoms with van der Waals surface area (Å²) >= 11 is 2.28. The van der Waals surface area contributed by atoms with Crippen LogP contribution in [0.25, 0.3) is 11.2 Å². The molecule has 0 bridgehead atoms. The van der Waals surface area contributed by atoms with Crippen molar-refractivity contribution in [3.05, 3.63) is 33.2 Å². The van der Waals surface area contributed by atoms with Crippen LogP contribution in [0, 0.1) is 40.8 Å². The molecule has 1 fully saturated rings. The Morgan fingerprint density at radius 2 is 1.84 bits per heavy atom. The summed E-state index contributed by atoms with van der Waals surface area (Å²) in [6, 6.07) is 4.44. The summed E-state index contributed by atoms with van der Waals surface area (Å²) in [6.07, 6.45) is 6.60. The zero-order chi connectivity index (χ0) is 24.4. The summed E-state index contributed by atoms with van der Waals surface area (Å²) in [5.41, 5.74) is 7.86. The average molecular weight is 868 g/mol. The van der Waals surface area contributed by atoms with Gasteiger partial charge in [-0.25, -0.2) is 4.98 Å². The molecule has 0 spiro atoms. The summed E-state index contributed by atoms with van der Waals surface area (Å²) in [6.45, 7) is 2.48. The molecule has 1 aliphatic heterocycles. The second-order valence-electron chi connectivity index (χ2n) is 9.11. The third-order valence-electron chi connectivity index (χ3n) is 6.87. The number of aliphatic hydroxyl groups is 1. The first-order chi connectivity index (χ1) is 17.0. The summed E-state index contributed by atoms with van der Waals surface area (Å²) in [5.74, 6) is 2.22. The first-order valence-corrected chi connectivity index (χ1v) is 13.2. The van der Waals surface area contributed by atoms with E-state index in [1.807, 2.05) is 16.7 Å². The number of imidazole rings is 1. The molecular formula is C24H33FIN6O3PU. The van der Waals surface area contributed by atoms with Crippen molar-refractivity contribution in [2.75, 3.05) is 32.2 Å². The third kappa shape index (κ3) is 7.06.